The summed E-state index contributed by atoms with van der Waals surface area (Å²) >= 11 is 0. The Morgan fingerprint density at radius 1 is 1.13 bits per heavy atom. The summed E-state index contributed by atoms with van der Waals surface area (Å²) < 4.78 is 16.4. The molecule has 1 aliphatic rings. The van der Waals surface area contributed by atoms with Gasteiger partial charge in [0, 0.05) is 18.8 Å². The summed E-state index contributed by atoms with van der Waals surface area (Å²) in [5.74, 6) is 1.82. The molecule has 0 saturated carbocycles. The first-order valence-electron chi connectivity index (χ1n) is 10.3. The van der Waals surface area contributed by atoms with Gasteiger partial charge >= 0.3 is 0 Å². The molecule has 2 aromatic rings. The Hall–Kier alpha value is -2.04. The maximum Gasteiger partial charge on any atom is 0.193 e. The molecule has 0 spiro atoms. The van der Waals surface area contributed by atoms with Crippen molar-refractivity contribution in [2.45, 2.75) is 19.4 Å². The first-order chi connectivity index (χ1) is 14.6. The second kappa shape index (κ2) is 12.7. The molecular formula is C23H33IN4O3. The average Bonchev–Trinajstić information content (AvgIpc) is 2.79. The monoisotopic (exact) mass is 540 g/mol. The summed E-state index contributed by atoms with van der Waals surface area (Å²) in [5.41, 5.74) is 9.52. The molecule has 8 heteroatoms. The van der Waals surface area contributed by atoms with E-state index >= 15 is 0 Å². The van der Waals surface area contributed by atoms with E-state index < -0.39 is 0 Å². The molecule has 1 heterocycles. The number of hydrogen-bond donors (Lipinski definition) is 2. The second-order valence-corrected chi connectivity index (χ2v) is 7.18. The van der Waals surface area contributed by atoms with Crippen LogP contribution in [0.25, 0.3) is 0 Å². The summed E-state index contributed by atoms with van der Waals surface area (Å²) in [6, 6.07) is 14.3. The van der Waals surface area contributed by atoms with Crippen molar-refractivity contribution in [3.05, 3.63) is 53.6 Å². The number of hydrogen-bond acceptors (Lipinski definition) is 5. The second-order valence-electron chi connectivity index (χ2n) is 7.18. The number of guanidine groups is 1. The Morgan fingerprint density at radius 2 is 1.87 bits per heavy atom. The Bertz CT molecular complexity index is 856. The third-order valence-corrected chi connectivity index (χ3v) is 5.32. The SMILES string of the molecule is CCc1cccc(NC(N)=NCC(c2ccc(OC)c(OC)c2)N2CCOCC2)c1.I. The largest absolute Gasteiger partial charge is 0.493 e. The molecule has 1 saturated heterocycles. The Balaban J connectivity index is 0.00000341. The van der Waals surface area contributed by atoms with Crippen LogP contribution in [-0.4, -0.2) is 57.9 Å². The van der Waals surface area contributed by atoms with Crippen molar-refractivity contribution in [1.29, 1.82) is 0 Å². The van der Waals surface area contributed by atoms with E-state index in [1.54, 1.807) is 14.2 Å². The number of anilines is 1. The van der Waals surface area contributed by atoms with E-state index in [1.165, 1.54) is 5.56 Å². The molecule has 31 heavy (non-hydrogen) atoms. The summed E-state index contributed by atoms with van der Waals surface area (Å²) in [6.45, 7) is 5.78. The molecule has 1 atom stereocenters. The zero-order chi connectivity index (χ0) is 21.3. The van der Waals surface area contributed by atoms with Crippen LogP contribution in [0.4, 0.5) is 5.69 Å². The first kappa shape index (κ1) is 25.2. The highest BCUT2D eigenvalue weighted by molar-refractivity contribution is 14.0. The van der Waals surface area contributed by atoms with Gasteiger partial charge in [-0.25, -0.2) is 0 Å². The van der Waals surface area contributed by atoms with Gasteiger partial charge in [-0.3, -0.25) is 9.89 Å². The lowest BCUT2D eigenvalue weighted by atomic mass is 10.0. The summed E-state index contributed by atoms with van der Waals surface area (Å²) in [5, 5.41) is 3.21. The third-order valence-electron chi connectivity index (χ3n) is 5.32. The number of methoxy groups -OCH3 is 2. The highest BCUT2D eigenvalue weighted by Crippen LogP contribution is 2.32. The predicted molar refractivity (Wildman–Crippen MR) is 136 cm³/mol. The van der Waals surface area contributed by atoms with Crippen LogP contribution in [0.1, 0.15) is 24.1 Å². The van der Waals surface area contributed by atoms with Gasteiger partial charge < -0.3 is 25.3 Å². The van der Waals surface area contributed by atoms with Crippen LogP contribution in [0.2, 0.25) is 0 Å². The molecule has 0 bridgehead atoms. The minimum Gasteiger partial charge on any atom is -0.493 e. The van der Waals surface area contributed by atoms with Gasteiger partial charge in [-0.05, 0) is 41.8 Å². The van der Waals surface area contributed by atoms with Crippen LogP contribution in [0.3, 0.4) is 0 Å². The van der Waals surface area contributed by atoms with Gasteiger partial charge in [-0.15, -0.1) is 24.0 Å². The molecule has 7 nitrogen and oxygen atoms in total. The molecule has 0 aliphatic carbocycles. The standard InChI is InChI=1S/C23H32N4O3.HI/c1-4-17-6-5-7-19(14-17)26-23(24)25-16-20(27-10-12-30-13-11-27)18-8-9-21(28-2)22(15-18)29-3;/h5-9,14-15,20H,4,10-13,16H2,1-3H3,(H3,24,25,26);1H. The number of nitrogens with two attached hydrogens (primary N) is 1. The van der Waals surface area contributed by atoms with Gasteiger partial charge in [0.1, 0.15) is 0 Å². The maximum atomic E-state index is 6.21. The van der Waals surface area contributed by atoms with Crippen LogP contribution in [-0.2, 0) is 11.2 Å². The molecule has 0 radical (unpaired) electrons. The number of nitrogens with one attached hydrogen (secondary N) is 1. The van der Waals surface area contributed by atoms with Crippen LogP contribution < -0.4 is 20.5 Å². The normalized spacial score (nSPS) is 15.6. The van der Waals surface area contributed by atoms with E-state index in [9.17, 15) is 0 Å². The number of aliphatic imine (C=N–C) groups is 1. The molecule has 3 rings (SSSR count). The number of benzene rings is 2. The molecule has 170 valence electrons. The first-order valence-corrected chi connectivity index (χ1v) is 10.3. The van der Waals surface area contributed by atoms with Gasteiger partial charge in [0.25, 0.3) is 0 Å². The number of morpholine rings is 1. The Morgan fingerprint density at radius 3 is 2.55 bits per heavy atom. The average molecular weight is 540 g/mol. The number of aryl methyl sites for hydroxylation is 1. The summed E-state index contributed by atoms with van der Waals surface area (Å²) in [7, 11) is 3.29. The van der Waals surface area contributed by atoms with Crippen LogP contribution in [0.15, 0.2) is 47.5 Å². The molecule has 0 amide bonds. The molecule has 0 aromatic heterocycles. The van der Waals surface area contributed by atoms with Gasteiger partial charge in [0.15, 0.2) is 17.5 Å². The van der Waals surface area contributed by atoms with Crippen molar-refractivity contribution in [2.24, 2.45) is 10.7 Å². The van der Waals surface area contributed by atoms with Crippen LogP contribution in [0, 0.1) is 0 Å². The fourth-order valence-corrected chi connectivity index (χ4v) is 3.62. The molecule has 2 aromatic carbocycles. The van der Waals surface area contributed by atoms with Gasteiger partial charge in [0.2, 0.25) is 0 Å². The quantitative estimate of drug-likeness (QED) is 0.302. The fourth-order valence-electron chi connectivity index (χ4n) is 3.62. The molecule has 1 unspecified atom stereocenters. The van der Waals surface area contributed by atoms with Crippen molar-refractivity contribution >= 4 is 35.6 Å². The van der Waals surface area contributed by atoms with E-state index in [0.717, 1.165) is 30.8 Å². The highest BCUT2D eigenvalue weighted by atomic mass is 127. The minimum atomic E-state index is 0. The lowest BCUT2D eigenvalue weighted by Crippen LogP contribution is -2.40. The van der Waals surface area contributed by atoms with Gasteiger partial charge in [0.05, 0.1) is 40.0 Å². The van der Waals surface area contributed by atoms with E-state index in [2.05, 4.69) is 40.3 Å². The van der Waals surface area contributed by atoms with Gasteiger partial charge in [-0.2, -0.15) is 0 Å². The fraction of sp³-hybridized carbons (Fsp3) is 0.435. The number of halogens is 1. The highest BCUT2D eigenvalue weighted by Gasteiger charge is 2.23. The molecule has 1 fully saturated rings. The molecule has 3 N–H and O–H groups in total. The number of rotatable bonds is 8. The summed E-state index contributed by atoms with van der Waals surface area (Å²) in [6.07, 6.45) is 0.977. The van der Waals surface area contributed by atoms with E-state index in [-0.39, 0.29) is 30.0 Å². The third kappa shape index (κ3) is 6.98. The van der Waals surface area contributed by atoms with E-state index in [0.29, 0.717) is 37.2 Å². The van der Waals surface area contributed by atoms with Crippen LogP contribution >= 0.6 is 24.0 Å². The molecular weight excluding hydrogens is 507 g/mol. The molecule has 1 aliphatic heterocycles. The smallest absolute Gasteiger partial charge is 0.193 e. The van der Waals surface area contributed by atoms with E-state index in [4.69, 9.17) is 19.9 Å². The lowest BCUT2D eigenvalue weighted by Gasteiger charge is -2.34. The maximum absolute atomic E-state index is 6.21. The Kier molecular flexibility index (Phi) is 10.4. The zero-order valence-corrected chi connectivity index (χ0v) is 20.8. The topological polar surface area (TPSA) is 81.3 Å². The minimum absolute atomic E-state index is 0. The Labute approximate surface area is 202 Å². The van der Waals surface area contributed by atoms with Gasteiger partial charge in [-0.1, -0.05) is 25.1 Å². The van der Waals surface area contributed by atoms with Crippen molar-refractivity contribution in [3.63, 3.8) is 0 Å². The zero-order valence-electron chi connectivity index (χ0n) is 18.5. The predicted octanol–water partition coefficient (Wildman–Crippen LogP) is 3.68. The van der Waals surface area contributed by atoms with Crippen molar-refractivity contribution in [2.75, 3.05) is 52.4 Å². The summed E-state index contributed by atoms with van der Waals surface area (Å²) in [4.78, 5) is 7.03. The van der Waals surface area contributed by atoms with Crippen molar-refractivity contribution in [1.82, 2.24) is 4.90 Å². The lowest BCUT2D eigenvalue weighted by molar-refractivity contribution is 0.0179. The van der Waals surface area contributed by atoms with Crippen molar-refractivity contribution in [3.8, 4) is 11.5 Å². The number of ether oxygens (including phenoxy) is 3. The van der Waals surface area contributed by atoms with E-state index in [1.807, 2.05) is 24.3 Å². The number of nitrogens with zero attached hydrogens (tertiary/aromatic N) is 2. The van der Waals surface area contributed by atoms with Crippen LogP contribution in [0.5, 0.6) is 11.5 Å². The van der Waals surface area contributed by atoms with Crippen molar-refractivity contribution < 1.29 is 14.2 Å².